The predicted octanol–water partition coefficient (Wildman–Crippen LogP) is 4.99. The van der Waals surface area contributed by atoms with Gasteiger partial charge in [-0.1, -0.05) is 82.2 Å². The number of amides is 2. The minimum absolute atomic E-state index is 0.0665. The van der Waals surface area contributed by atoms with Crippen molar-refractivity contribution in [2.45, 2.75) is 39.3 Å². The Morgan fingerprint density at radius 1 is 0.938 bits per heavy atom. The molecule has 0 aliphatic carbocycles. The summed E-state index contributed by atoms with van der Waals surface area (Å²) in [4.78, 5) is 28.3. The van der Waals surface area contributed by atoms with Crippen molar-refractivity contribution in [2.24, 2.45) is 0 Å². The number of aryl methyl sites for hydroxylation is 2. The van der Waals surface area contributed by atoms with Crippen LogP contribution in [0.25, 0.3) is 0 Å². The number of likely N-dealkylation sites (N-methyl/N-ethyl adjacent to an activating group) is 1. The predicted molar refractivity (Wildman–Crippen MR) is 132 cm³/mol. The van der Waals surface area contributed by atoms with Crippen LogP contribution in [0.5, 0.6) is 0 Å². The van der Waals surface area contributed by atoms with Gasteiger partial charge in [0.25, 0.3) is 0 Å². The summed E-state index contributed by atoms with van der Waals surface area (Å²) in [5.74, 6) is -0.235. The summed E-state index contributed by atoms with van der Waals surface area (Å²) in [6.45, 7) is 4.39. The van der Waals surface area contributed by atoms with E-state index < -0.39 is 6.04 Å². The number of rotatable bonds is 8. The van der Waals surface area contributed by atoms with Crippen LogP contribution in [0.15, 0.2) is 77.3 Å². The van der Waals surface area contributed by atoms with Crippen LogP contribution in [-0.4, -0.2) is 29.8 Å². The van der Waals surface area contributed by atoms with E-state index in [-0.39, 0.29) is 18.2 Å². The van der Waals surface area contributed by atoms with Gasteiger partial charge < -0.3 is 10.2 Å². The van der Waals surface area contributed by atoms with Crippen molar-refractivity contribution in [1.82, 2.24) is 10.2 Å². The highest BCUT2D eigenvalue weighted by Gasteiger charge is 2.30. The molecule has 0 aromatic heterocycles. The maximum atomic E-state index is 13.7. The Kier molecular flexibility index (Phi) is 8.23. The standard InChI is InChI=1S/C27H29BrN2O2/c1-19-12-13-20(2)23(14-19)17-26(31)30(18-22-10-7-11-24(28)15-22)25(27(32)29-3)16-21-8-5-4-6-9-21/h4-15,25H,16-18H2,1-3H3,(H,29,32)/t25-/m1/s1. The molecule has 0 unspecified atom stereocenters. The zero-order valence-corrected chi connectivity index (χ0v) is 20.4. The summed E-state index contributed by atoms with van der Waals surface area (Å²) < 4.78 is 0.941. The first-order valence-corrected chi connectivity index (χ1v) is 11.5. The third kappa shape index (κ3) is 6.30. The molecule has 166 valence electrons. The molecule has 3 aromatic carbocycles. The lowest BCUT2D eigenvalue weighted by Gasteiger charge is -2.31. The van der Waals surface area contributed by atoms with Gasteiger partial charge in [-0.3, -0.25) is 9.59 Å². The second kappa shape index (κ2) is 11.1. The minimum atomic E-state index is -0.612. The first-order chi connectivity index (χ1) is 15.4. The van der Waals surface area contributed by atoms with Gasteiger partial charge in [0.05, 0.1) is 6.42 Å². The first-order valence-electron chi connectivity index (χ1n) is 10.7. The average Bonchev–Trinajstić information content (AvgIpc) is 2.78. The average molecular weight is 493 g/mol. The Balaban J connectivity index is 1.97. The Bertz CT molecular complexity index is 1080. The topological polar surface area (TPSA) is 49.4 Å². The van der Waals surface area contributed by atoms with E-state index in [1.807, 2.05) is 80.6 Å². The van der Waals surface area contributed by atoms with E-state index in [4.69, 9.17) is 0 Å². The molecule has 1 N–H and O–H groups in total. The molecule has 0 heterocycles. The lowest BCUT2D eigenvalue weighted by molar-refractivity contribution is -0.140. The number of benzene rings is 3. The molecular weight excluding hydrogens is 464 g/mol. The fourth-order valence-corrected chi connectivity index (χ4v) is 4.25. The highest BCUT2D eigenvalue weighted by atomic mass is 79.9. The van der Waals surface area contributed by atoms with Crippen LogP contribution in [0, 0.1) is 13.8 Å². The van der Waals surface area contributed by atoms with Gasteiger partial charge in [0.1, 0.15) is 6.04 Å². The molecule has 0 saturated heterocycles. The summed E-state index contributed by atoms with van der Waals surface area (Å²) in [6, 6.07) is 23.2. The summed E-state index contributed by atoms with van der Waals surface area (Å²) in [6.07, 6.45) is 0.705. The maximum Gasteiger partial charge on any atom is 0.242 e. The first kappa shape index (κ1) is 23.7. The molecule has 5 heteroatoms. The number of halogens is 1. The highest BCUT2D eigenvalue weighted by molar-refractivity contribution is 9.10. The Labute approximate surface area is 198 Å². The van der Waals surface area contributed by atoms with Crippen molar-refractivity contribution < 1.29 is 9.59 Å². The quantitative estimate of drug-likeness (QED) is 0.481. The van der Waals surface area contributed by atoms with Crippen LogP contribution < -0.4 is 5.32 Å². The van der Waals surface area contributed by atoms with Crippen molar-refractivity contribution >= 4 is 27.7 Å². The zero-order chi connectivity index (χ0) is 23.1. The van der Waals surface area contributed by atoms with E-state index in [2.05, 4.69) is 27.3 Å². The van der Waals surface area contributed by atoms with E-state index >= 15 is 0 Å². The van der Waals surface area contributed by atoms with E-state index in [0.29, 0.717) is 13.0 Å². The molecule has 0 radical (unpaired) electrons. The molecule has 0 fully saturated rings. The largest absolute Gasteiger partial charge is 0.357 e. The van der Waals surface area contributed by atoms with Crippen molar-refractivity contribution in [2.75, 3.05) is 7.05 Å². The smallest absolute Gasteiger partial charge is 0.242 e. The van der Waals surface area contributed by atoms with Gasteiger partial charge in [0.15, 0.2) is 0 Å². The van der Waals surface area contributed by atoms with Crippen LogP contribution in [0.3, 0.4) is 0 Å². The molecule has 0 bridgehead atoms. The Hall–Kier alpha value is -2.92. The summed E-state index contributed by atoms with van der Waals surface area (Å²) >= 11 is 3.51. The van der Waals surface area contributed by atoms with Crippen molar-refractivity contribution in [1.29, 1.82) is 0 Å². The highest BCUT2D eigenvalue weighted by Crippen LogP contribution is 2.20. The van der Waals surface area contributed by atoms with Gasteiger partial charge >= 0.3 is 0 Å². The van der Waals surface area contributed by atoms with Crippen molar-refractivity contribution in [3.8, 4) is 0 Å². The second-order valence-corrected chi connectivity index (χ2v) is 8.99. The summed E-state index contributed by atoms with van der Waals surface area (Å²) in [5.41, 5.74) is 5.16. The summed E-state index contributed by atoms with van der Waals surface area (Å²) in [5, 5.41) is 2.76. The Morgan fingerprint density at radius 2 is 1.66 bits per heavy atom. The normalized spacial score (nSPS) is 11.6. The molecule has 0 spiro atoms. The molecule has 2 amide bonds. The molecule has 0 aliphatic heterocycles. The molecule has 3 aromatic rings. The van der Waals surface area contributed by atoms with Crippen LogP contribution in [0.2, 0.25) is 0 Å². The fourth-order valence-electron chi connectivity index (χ4n) is 3.81. The molecule has 4 nitrogen and oxygen atoms in total. The lowest BCUT2D eigenvalue weighted by atomic mass is 9.99. The van der Waals surface area contributed by atoms with Gasteiger partial charge in [0, 0.05) is 24.5 Å². The van der Waals surface area contributed by atoms with Crippen LogP contribution in [0.4, 0.5) is 0 Å². The van der Waals surface area contributed by atoms with Gasteiger partial charge in [-0.05, 0) is 48.2 Å². The lowest BCUT2D eigenvalue weighted by Crippen LogP contribution is -2.50. The van der Waals surface area contributed by atoms with E-state index in [0.717, 1.165) is 32.3 Å². The van der Waals surface area contributed by atoms with Gasteiger partial charge in [-0.25, -0.2) is 0 Å². The number of hydrogen-bond donors (Lipinski definition) is 1. The van der Waals surface area contributed by atoms with Crippen molar-refractivity contribution in [3.63, 3.8) is 0 Å². The third-order valence-electron chi connectivity index (χ3n) is 5.61. The Morgan fingerprint density at radius 3 is 2.34 bits per heavy atom. The van der Waals surface area contributed by atoms with Crippen LogP contribution in [-0.2, 0) is 29.0 Å². The molecule has 3 rings (SSSR count). The fraction of sp³-hybridized carbons (Fsp3) is 0.259. The second-order valence-electron chi connectivity index (χ2n) is 8.08. The SMILES string of the molecule is CNC(=O)[C@@H](Cc1ccccc1)N(Cc1cccc(Br)c1)C(=O)Cc1cc(C)ccc1C. The molecular formula is C27H29BrN2O2. The molecule has 0 aliphatic rings. The van der Waals surface area contributed by atoms with Crippen molar-refractivity contribution in [3.05, 3.63) is 105 Å². The monoisotopic (exact) mass is 492 g/mol. The minimum Gasteiger partial charge on any atom is -0.357 e. The number of nitrogens with one attached hydrogen (secondary N) is 1. The number of carbonyl (C=O) groups excluding carboxylic acids is 2. The zero-order valence-electron chi connectivity index (χ0n) is 18.8. The van der Waals surface area contributed by atoms with E-state index in [1.54, 1.807) is 11.9 Å². The van der Waals surface area contributed by atoms with Crippen LogP contribution in [0.1, 0.15) is 27.8 Å². The number of nitrogens with zero attached hydrogens (tertiary/aromatic N) is 1. The van der Waals surface area contributed by atoms with Gasteiger partial charge in [-0.15, -0.1) is 0 Å². The van der Waals surface area contributed by atoms with Gasteiger partial charge in [-0.2, -0.15) is 0 Å². The number of hydrogen-bond acceptors (Lipinski definition) is 2. The number of carbonyl (C=O) groups is 2. The van der Waals surface area contributed by atoms with Gasteiger partial charge in [0.2, 0.25) is 11.8 Å². The van der Waals surface area contributed by atoms with Crippen LogP contribution >= 0.6 is 15.9 Å². The molecule has 0 saturated carbocycles. The molecule has 1 atom stereocenters. The maximum absolute atomic E-state index is 13.7. The third-order valence-corrected chi connectivity index (χ3v) is 6.10. The van der Waals surface area contributed by atoms with E-state index in [1.165, 1.54) is 0 Å². The molecule has 32 heavy (non-hydrogen) atoms. The van der Waals surface area contributed by atoms with E-state index in [9.17, 15) is 9.59 Å². The summed E-state index contributed by atoms with van der Waals surface area (Å²) in [7, 11) is 1.62.